The summed E-state index contributed by atoms with van der Waals surface area (Å²) in [4.78, 5) is 27.3. The van der Waals surface area contributed by atoms with Crippen molar-refractivity contribution in [2.45, 2.75) is 58.5 Å². The molecule has 0 unspecified atom stereocenters. The van der Waals surface area contributed by atoms with Crippen molar-refractivity contribution >= 4 is 22.7 Å². The molecule has 3 aromatic rings. The quantitative estimate of drug-likeness (QED) is 0.639. The second kappa shape index (κ2) is 8.75. The average molecular weight is 425 g/mol. The van der Waals surface area contributed by atoms with Crippen LogP contribution in [0.3, 0.4) is 0 Å². The molecule has 0 atom stereocenters. The molecule has 1 aromatic carbocycles. The Hall–Kier alpha value is -2.80. The third-order valence-corrected chi connectivity index (χ3v) is 6.36. The maximum absolute atomic E-state index is 13.1. The second-order valence-corrected chi connectivity index (χ2v) is 8.91. The van der Waals surface area contributed by atoms with Gasteiger partial charge in [-0.25, -0.2) is 4.79 Å². The van der Waals surface area contributed by atoms with Gasteiger partial charge >= 0.3 is 5.76 Å². The number of aryl methyl sites for hydroxylation is 1. The molecule has 1 aliphatic rings. The van der Waals surface area contributed by atoms with Crippen LogP contribution in [0.2, 0.25) is 0 Å². The minimum atomic E-state index is -0.378. The molecule has 1 fully saturated rings. The third-order valence-electron chi connectivity index (χ3n) is 6.36. The monoisotopic (exact) mass is 424 g/mol. The largest absolute Gasteiger partial charge is 0.419 e. The van der Waals surface area contributed by atoms with Gasteiger partial charge in [0.15, 0.2) is 5.58 Å². The molecule has 1 aliphatic carbocycles. The lowest BCUT2D eigenvalue weighted by Gasteiger charge is -2.26. The SMILES string of the molecule is Cc1cc(C(=O)Nc2ccc3oc(=O)n(CCN(C)C)c3c2)c(C)n1C1CCCCC1. The first-order chi connectivity index (χ1) is 14.8. The van der Waals surface area contributed by atoms with E-state index in [-0.39, 0.29) is 11.7 Å². The first-order valence-electron chi connectivity index (χ1n) is 11.1. The van der Waals surface area contributed by atoms with Crippen molar-refractivity contribution in [3.8, 4) is 0 Å². The Labute approximate surface area is 182 Å². The van der Waals surface area contributed by atoms with Crippen molar-refractivity contribution in [2.75, 3.05) is 26.0 Å². The highest BCUT2D eigenvalue weighted by atomic mass is 16.4. The van der Waals surface area contributed by atoms with Crippen molar-refractivity contribution in [1.82, 2.24) is 14.0 Å². The van der Waals surface area contributed by atoms with Crippen molar-refractivity contribution in [3.63, 3.8) is 0 Å². The van der Waals surface area contributed by atoms with Crippen LogP contribution in [0.15, 0.2) is 33.5 Å². The number of hydrogen-bond donors (Lipinski definition) is 1. The molecule has 0 spiro atoms. The Bertz CT molecular complexity index is 1150. The van der Waals surface area contributed by atoms with E-state index in [1.165, 1.54) is 32.1 Å². The van der Waals surface area contributed by atoms with E-state index in [1.807, 2.05) is 38.1 Å². The molecule has 0 bridgehead atoms. The highest BCUT2D eigenvalue weighted by Gasteiger charge is 2.23. The van der Waals surface area contributed by atoms with E-state index in [4.69, 9.17) is 4.42 Å². The fourth-order valence-electron chi connectivity index (χ4n) is 4.76. The van der Waals surface area contributed by atoms with E-state index < -0.39 is 0 Å². The molecule has 4 rings (SSSR count). The van der Waals surface area contributed by atoms with Gasteiger partial charge in [-0.3, -0.25) is 9.36 Å². The van der Waals surface area contributed by atoms with Crippen molar-refractivity contribution in [2.24, 2.45) is 0 Å². The summed E-state index contributed by atoms with van der Waals surface area (Å²) < 4.78 is 9.30. The molecule has 2 aromatic heterocycles. The van der Waals surface area contributed by atoms with Crippen LogP contribution in [0.5, 0.6) is 0 Å². The number of nitrogens with zero attached hydrogens (tertiary/aromatic N) is 3. The molecular formula is C24H32N4O3. The Balaban J connectivity index is 1.58. The third kappa shape index (κ3) is 4.32. The molecule has 7 nitrogen and oxygen atoms in total. The number of oxazole rings is 1. The van der Waals surface area contributed by atoms with Gasteiger partial charge in [-0.05, 0) is 65.0 Å². The Morgan fingerprint density at radius 3 is 2.61 bits per heavy atom. The van der Waals surface area contributed by atoms with Gasteiger partial charge in [-0.2, -0.15) is 0 Å². The van der Waals surface area contributed by atoms with Crippen LogP contribution in [0.25, 0.3) is 11.1 Å². The number of carbonyl (C=O) groups excluding carboxylic acids is 1. The summed E-state index contributed by atoms with van der Waals surface area (Å²) in [5.74, 6) is -0.503. The Morgan fingerprint density at radius 1 is 1.16 bits per heavy atom. The van der Waals surface area contributed by atoms with Crippen LogP contribution in [0, 0.1) is 13.8 Å². The summed E-state index contributed by atoms with van der Waals surface area (Å²) >= 11 is 0. The average Bonchev–Trinajstić information content (AvgIpc) is 3.21. The maximum Gasteiger partial charge on any atom is 0.419 e. The summed E-state index contributed by atoms with van der Waals surface area (Å²) in [6.45, 7) is 5.37. The van der Waals surface area contributed by atoms with Crippen LogP contribution in [-0.2, 0) is 6.54 Å². The number of amides is 1. The fraction of sp³-hybridized carbons (Fsp3) is 0.500. The van der Waals surface area contributed by atoms with Crippen molar-refractivity contribution in [3.05, 3.63) is 51.8 Å². The first kappa shape index (κ1) is 21.4. The van der Waals surface area contributed by atoms with E-state index in [9.17, 15) is 9.59 Å². The van der Waals surface area contributed by atoms with Crippen molar-refractivity contribution in [1.29, 1.82) is 0 Å². The second-order valence-electron chi connectivity index (χ2n) is 8.91. The van der Waals surface area contributed by atoms with Gasteiger partial charge in [0.05, 0.1) is 11.1 Å². The molecule has 0 saturated heterocycles. The lowest BCUT2D eigenvalue weighted by atomic mass is 9.95. The zero-order valence-electron chi connectivity index (χ0n) is 18.9. The minimum Gasteiger partial charge on any atom is -0.408 e. The lowest BCUT2D eigenvalue weighted by Crippen LogP contribution is -2.23. The highest BCUT2D eigenvalue weighted by molar-refractivity contribution is 6.06. The fourth-order valence-corrected chi connectivity index (χ4v) is 4.76. The molecule has 7 heteroatoms. The summed E-state index contributed by atoms with van der Waals surface area (Å²) in [6, 6.07) is 7.81. The summed E-state index contributed by atoms with van der Waals surface area (Å²) in [5.41, 5.74) is 4.74. The van der Waals surface area contributed by atoms with E-state index in [1.54, 1.807) is 16.7 Å². The summed E-state index contributed by atoms with van der Waals surface area (Å²) in [7, 11) is 3.92. The van der Waals surface area contributed by atoms with Gasteiger partial charge in [0.1, 0.15) is 0 Å². The molecule has 31 heavy (non-hydrogen) atoms. The zero-order chi connectivity index (χ0) is 22.1. The van der Waals surface area contributed by atoms with Crippen LogP contribution in [-0.4, -0.2) is 40.6 Å². The number of rotatable bonds is 6. The van der Waals surface area contributed by atoms with E-state index in [0.29, 0.717) is 34.9 Å². The van der Waals surface area contributed by atoms with Crippen LogP contribution in [0.1, 0.15) is 59.9 Å². The zero-order valence-corrected chi connectivity index (χ0v) is 18.9. The smallest absolute Gasteiger partial charge is 0.408 e. The van der Waals surface area contributed by atoms with Gasteiger partial charge < -0.3 is 19.2 Å². The number of fused-ring (bicyclic) bond motifs is 1. The molecule has 1 saturated carbocycles. The van der Waals surface area contributed by atoms with Gasteiger partial charge in [-0.1, -0.05) is 19.3 Å². The van der Waals surface area contributed by atoms with Gasteiger partial charge in [0, 0.05) is 36.2 Å². The van der Waals surface area contributed by atoms with E-state index >= 15 is 0 Å². The molecule has 166 valence electrons. The molecule has 1 N–H and O–H groups in total. The van der Waals surface area contributed by atoms with Crippen LogP contribution in [0.4, 0.5) is 5.69 Å². The number of aromatic nitrogens is 2. The first-order valence-corrected chi connectivity index (χ1v) is 11.1. The number of carbonyl (C=O) groups is 1. The lowest BCUT2D eigenvalue weighted by molar-refractivity contribution is 0.102. The Kier molecular flexibility index (Phi) is 6.05. The van der Waals surface area contributed by atoms with Gasteiger partial charge in [0.25, 0.3) is 5.91 Å². The molecule has 1 amide bonds. The Morgan fingerprint density at radius 2 is 1.90 bits per heavy atom. The predicted octanol–water partition coefficient (Wildman–Crippen LogP) is 4.33. The summed E-state index contributed by atoms with van der Waals surface area (Å²) in [6.07, 6.45) is 6.17. The van der Waals surface area contributed by atoms with E-state index in [0.717, 1.165) is 17.9 Å². The number of benzene rings is 1. The number of likely N-dealkylation sites (N-methyl/N-ethyl adjacent to an activating group) is 1. The highest BCUT2D eigenvalue weighted by Crippen LogP contribution is 2.32. The normalized spacial score (nSPS) is 15.1. The number of anilines is 1. The summed E-state index contributed by atoms with van der Waals surface area (Å²) in [5, 5.41) is 3.02. The number of nitrogens with one attached hydrogen (secondary N) is 1. The van der Waals surface area contributed by atoms with Crippen LogP contribution >= 0.6 is 0 Å². The minimum absolute atomic E-state index is 0.125. The topological polar surface area (TPSA) is 72.4 Å². The van der Waals surface area contributed by atoms with Gasteiger partial charge in [-0.15, -0.1) is 0 Å². The molecule has 0 radical (unpaired) electrons. The van der Waals surface area contributed by atoms with Crippen LogP contribution < -0.4 is 11.1 Å². The van der Waals surface area contributed by atoms with Gasteiger partial charge in [0.2, 0.25) is 0 Å². The van der Waals surface area contributed by atoms with Crippen molar-refractivity contribution < 1.29 is 9.21 Å². The standard InChI is InChI=1S/C24H32N4O3/c1-16-14-20(17(2)28(16)19-8-6-5-7-9-19)23(29)25-18-10-11-22-21(15-18)27(24(30)31-22)13-12-26(3)4/h10-11,14-15,19H,5-9,12-13H2,1-4H3,(H,25,29). The number of hydrogen-bond acceptors (Lipinski definition) is 4. The molecular weight excluding hydrogens is 392 g/mol. The molecule has 2 heterocycles. The molecule has 0 aliphatic heterocycles. The maximum atomic E-state index is 13.1. The van der Waals surface area contributed by atoms with E-state index in [2.05, 4.69) is 16.8 Å². The predicted molar refractivity (Wildman–Crippen MR) is 123 cm³/mol.